The van der Waals surface area contributed by atoms with Crippen molar-refractivity contribution < 1.29 is 4.79 Å². The van der Waals surface area contributed by atoms with Gasteiger partial charge >= 0.3 is 0 Å². The van der Waals surface area contributed by atoms with Crippen LogP contribution in [0, 0.1) is 5.92 Å². The second kappa shape index (κ2) is 8.11. The Bertz CT molecular complexity index is 644. The van der Waals surface area contributed by atoms with Crippen LogP contribution in [0.2, 0.25) is 0 Å². The van der Waals surface area contributed by atoms with E-state index in [4.69, 9.17) is 0 Å². The summed E-state index contributed by atoms with van der Waals surface area (Å²) in [4.78, 5) is 19.1. The Morgan fingerprint density at radius 3 is 2.61 bits per heavy atom. The van der Waals surface area contributed by atoms with Gasteiger partial charge in [-0.15, -0.1) is 0 Å². The van der Waals surface area contributed by atoms with Crippen LogP contribution in [0.3, 0.4) is 0 Å². The van der Waals surface area contributed by atoms with E-state index in [9.17, 15) is 4.79 Å². The van der Waals surface area contributed by atoms with E-state index in [0.29, 0.717) is 18.3 Å². The van der Waals surface area contributed by atoms with Gasteiger partial charge in [0.2, 0.25) is 11.9 Å². The molecule has 126 valence electrons. The van der Waals surface area contributed by atoms with Crippen LogP contribution in [0.4, 0.5) is 5.95 Å². The highest BCUT2D eigenvalue weighted by molar-refractivity contribution is 5.91. The van der Waals surface area contributed by atoms with Crippen molar-refractivity contribution >= 4 is 22.9 Å². The summed E-state index contributed by atoms with van der Waals surface area (Å²) in [6.45, 7) is 12.2. The third kappa shape index (κ3) is 4.55. The zero-order valence-corrected chi connectivity index (χ0v) is 14.7. The number of fused-ring (bicyclic) bond motifs is 1. The molecule has 0 saturated carbocycles. The van der Waals surface area contributed by atoms with Crippen LogP contribution in [0.15, 0.2) is 24.3 Å². The van der Waals surface area contributed by atoms with Gasteiger partial charge < -0.3 is 9.47 Å². The zero-order valence-electron chi connectivity index (χ0n) is 14.7. The molecule has 0 saturated heterocycles. The topological polar surface area (TPSA) is 50.2 Å². The predicted molar refractivity (Wildman–Crippen MR) is 95.6 cm³/mol. The van der Waals surface area contributed by atoms with Crippen molar-refractivity contribution in [3.8, 4) is 0 Å². The fourth-order valence-corrected chi connectivity index (χ4v) is 2.73. The lowest BCUT2D eigenvalue weighted by atomic mass is 10.1. The summed E-state index contributed by atoms with van der Waals surface area (Å²) in [6, 6.07) is 8.03. The molecule has 0 aliphatic carbocycles. The van der Waals surface area contributed by atoms with Gasteiger partial charge in [0.1, 0.15) is 0 Å². The number of hydrogen-bond acceptors (Lipinski definition) is 3. The van der Waals surface area contributed by atoms with E-state index in [1.807, 2.05) is 32.0 Å². The number of likely N-dealkylation sites (N-methyl/N-ethyl adjacent to an activating group) is 1. The number of para-hydroxylation sites is 2. The highest BCUT2D eigenvalue weighted by atomic mass is 16.1. The Labute approximate surface area is 138 Å². The average Bonchev–Trinajstić information content (AvgIpc) is 2.85. The number of rotatable bonds is 8. The first kappa shape index (κ1) is 17.5. The van der Waals surface area contributed by atoms with Gasteiger partial charge in [-0.1, -0.05) is 39.8 Å². The van der Waals surface area contributed by atoms with Crippen molar-refractivity contribution in [2.24, 2.45) is 5.92 Å². The normalized spacial score (nSPS) is 11.6. The quantitative estimate of drug-likeness (QED) is 0.812. The number of carbonyl (C=O) groups is 1. The first-order valence-corrected chi connectivity index (χ1v) is 8.52. The summed E-state index contributed by atoms with van der Waals surface area (Å²) in [5, 5.41) is 2.99. The molecule has 0 bridgehead atoms. The minimum absolute atomic E-state index is 0.0272. The van der Waals surface area contributed by atoms with Crippen molar-refractivity contribution in [2.45, 2.75) is 40.7 Å². The number of amides is 1. The molecule has 1 aromatic carbocycles. The Hall–Kier alpha value is -1.88. The summed E-state index contributed by atoms with van der Waals surface area (Å²) in [6.07, 6.45) is 0.513. The third-order valence-electron chi connectivity index (χ3n) is 4.03. The molecule has 0 aliphatic heterocycles. The van der Waals surface area contributed by atoms with Crippen LogP contribution in [-0.4, -0.2) is 40.0 Å². The molecule has 1 N–H and O–H groups in total. The smallest absolute Gasteiger partial charge is 0.226 e. The minimum atomic E-state index is 0.0272. The Morgan fingerprint density at radius 2 is 1.96 bits per heavy atom. The molecule has 5 heteroatoms. The van der Waals surface area contributed by atoms with Crippen molar-refractivity contribution in [3.63, 3.8) is 0 Å². The van der Waals surface area contributed by atoms with Gasteiger partial charge in [-0.2, -0.15) is 0 Å². The molecule has 0 spiro atoms. The number of imidazole rings is 1. The highest BCUT2D eigenvalue weighted by Crippen LogP contribution is 2.20. The maximum absolute atomic E-state index is 12.1. The van der Waals surface area contributed by atoms with Gasteiger partial charge in [0.05, 0.1) is 11.0 Å². The molecular formula is C18H28N4O. The molecule has 0 radical (unpaired) electrons. The van der Waals surface area contributed by atoms with Crippen molar-refractivity contribution in [1.82, 2.24) is 14.5 Å². The van der Waals surface area contributed by atoms with Gasteiger partial charge in [-0.3, -0.25) is 10.1 Å². The number of benzene rings is 1. The van der Waals surface area contributed by atoms with Gasteiger partial charge in [-0.05, 0) is 31.1 Å². The van der Waals surface area contributed by atoms with E-state index >= 15 is 0 Å². The molecule has 2 rings (SSSR count). The average molecular weight is 316 g/mol. The fourth-order valence-electron chi connectivity index (χ4n) is 2.73. The summed E-state index contributed by atoms with van der Waals surface area (Å²) < 4.78 is 2.12. The van der Waals surface area contributed by atoms with E-state index in [1.165, 1.54) is 0 Å². The first-order valence-electron chi connectivity index (χ1n) is 8.52. The van der Waals surface area contributed by atoms with Crippen LogP contribution >= 0.6 is 0 Å². The van der Waals surface area contributed by atoms with Crippen molar-refractivity contribution in [1.29, 1.82) is 0 Å². The molecule has 0 atom stereocenters. The third-order valence-corrected chi connectivity index (χ3v) is 4.03. The highest BCUT2D eigenvalue weighted by Gasteiger charge is 2.14. The number of carbonyl (C=O) groups excluding carboxylic acids is 1. The van der Waals surface area contributed by atoms with E-state index in [1.54, 1.807) is 0 Å². The SMILES string of the molecule is CCN(CC)CCn1c(NC(=O)CC(C)C)nc2ccccc21. The Morgan fingerprint density at radius 1 is 1.26 bits per heavy atom. The Balaban J connectivity index is 2.24. The zero-order chi connectivity index (χ0) is 16.8. The summed E-state index contributed by atoms with van der Waals surface area (Å²) >= 11 is 0. The molecule has 23 heavy (non-hydrogen) atoms. The summed E-state index contributed by atoms with van der Waals surface area (Å²) in [5.74, 6) is 1.02. The number of aromatic nitrogens is 2. The lowest BCUT2D eigenvalue weighted by Gasteiger charge is -2.19. The predicted octanol–water partition coefficient (Wildman–Crippen LogP) is 3.36. The van der Waals surface area contributed by atoms with Crippen LogP contribution in [0.1, 0.15) is 34.1 Å². The standard InChI is InChI=1S/C18H28N4O/c1-5-21(6-2)11-12-22-16-10-8-7-9-15(16)19-18(22)20-17(23)13-14(3)4/h7-10,14H,5-6,11-13H2,1-4H3,(H,19,20,23). The monoisotopic (exact) mass is 316 g/mol. The molecule has 0 fully saturated rings. The number of hydrogen-bond donors (Lipinski definition) is 1. The van der Waals surface area contributed by atoms with Gasteiger partial charge in [0.15, 0.2) is 0 Å². The molecular weight excluding hydrogens is 288 g/mol. The van der Waals surface area contributed by atoms with Gasteiger partial charge in [0, 0.05) is 19.5 Å². The van der Waals surface area contributed by atoms with E-state index in [-0.39, 0.29) is 5.91 Å². The molecule has 2 aromatic rings. The molecule has 5 nitrogen and oxygen atoms in total. The maximum Gasteiger partial charge on any atom is 0.226 e. The molecule has 1 amide bonds. The minimum Gasteiger partial charge on any atom is -0.309 e. The van der Waals surface area contributed by atoms with Crippen LogP contribution in [-0.2, 0) is 11.3 Å². The lowest BCUT2D eigenvalue weighted by molar-refractivity contribution is -0.116. The molecule has 1 aromatic heterocycles. The van der Waals surface area contributed by atoms with Crippen LogP contribution in [0.25, 0.3) is 11.0 Å². The summed E-state index contributed by atoms with van der Waals surface area (Å²) in [5.41, 5.74) is 1.99. The molecule has 0 aliphatic rings. The maximum atomic E-state index is 12.1. The number of anilines is 1. The largest absolute Gasteiger partial charge is 0.309 e. The van der Waals surface area contributed by atoms with Crippen LogP contribution in [0.5, 0.6) is 0 Å². The van der Waals surface area contributed by atoms with Gasteiger partial charge in [-0.25, -0.2) is 4.98 Å². The van der Waals surface area contributed by atoms with E-state index in [0.717, 1.165) is 37.2 Å². The Kier molecular flexibility index (Phi) is 6.16. The second-order valence-corrected chi connectivity index (χ2v) is 6.25. The number of nitrogens with one attached hydrogen (secondary N) is 1. The van der Waals surface area contributed by atoms with E-state index in [2.05, 4.69) is 39.7 Å². The number of nitrogens with zero attached hydrogens (tertiary/aromatic N) is 3. The van der Waals surface area contributed by atoms with E-state index < -0.39 is 0 Å². The fraction of sp³-hybridized carbons (Fsp3) is 0.556. The summed E-state index contributed by atoms with van der Waals surface area (Å²) in [7, 11) is 0. The van der Waals surface area contributed by atoms with Crippen molar-refractivity contribution in [2.75, 3.05) is 25.0 Å². The first-order chi connectivity index (χ1) is 11.0. The van der Waals surface area contributed by atoms with Crippen molar-refractivity contribution in [3.05, 3.63) is 24.3 Å². The lowest BCUT2D eigenvalue weighted by Crippen LogP contribution is -2.27. The molecule has 1 heterocycles. The van der Waals surface area contributed by atoms with Gasteiger partial charge in [0.25, 0.3) is 0 Å². The van der Waals surface area contributed by atoms with Crippen LogP contribution < -0.4 is 5.32 Å². The molecule has 0 unspecified atom stereocenters. The second-order valence-electron chi connectivity index (χ2n) is 6.25.